The van der Waals surface area contributed by atoms with E-state index in [2.05, 4.69) is 20.1 Å². The van der Waals surface area contributed by atoms with Gasteiger partial charge in [0.2, 0.25) is 0 Å². The molecule has 0 saturated heterocycles. The Morgan fingerprint density at radius 1 is 1.18 bits per heavy atom. The highest BCUT2D eigenvalue weighted by molar-refractivity contribution is 7.00. The fourth-order valence-electron chi connectivity index (χ4n) is 2.56. The molecule has 2 aromatic carbocycles. The lowest BCUT2D eigenvalue weighted by Crippen LogP contribution is -2.22. The molecule has 0 saturated carbocycles. The van der Waals surface area contributed by atoms with E-state index >= 15 is 0 Å². The van der Waals surface area contributed by atoms with E-state index in [4.69, 9.17) is 4.74 Å². The van der Waals surface area contributed by atoms with Gasteiger partial charge in [-0.25, -0.2) is 0 Å². The molecule has 5 nitrogen and oxygen atoms in total. The van der Waals surface area contributed by atoms with E-state index in [-0.39, 0.29) is 5.91 Å². The molecule has 0 fully saturated rings. The maximum Gasteiger partial charge on any atom is 0.251 e. The van der Waals surface area contributed by atoms with E-state index in [9.17, 15) is 4.79 Å². The summed E-state index contributed by atoms with van der Waals surface area (Å²) in [5, 5.41) is 2.94. The number of benzene rings is 2. The van der Waals surface area contributed by atoms with Crippen molar-refractivity contribution in [1.29, 1.82) is 0 Å². The molecule has 0 unspecified atom stereocenters. The summed E-state index contributed by atoms with van der Waals surface area (Å²) in [5.74, 6) is 0.850. The number of carbonyl (C=O) groups is 1. The average molecular weight is 311 g/mol. The zero-order valence-corrected chi connectivity index (χ0v) is 12.5. The van der Waals surface area contributed by atoms with Crippen LogP contribution in [0.25, 0.3) is 11.0 Å². The molecule has 110 valence electrons. The lowest BCUT2D eigenvalue weighted by Gasteiger charge is -2.07. The van der Waals surface area contributed by atoms with Crippen LogP contribution in [0.1, 0.15) is 21.5 Å². The Kier molecular flexibility index (Phi) is 3.23. The monoisotopic (exact) mass is 311 g/mol. The number of fused-ring (bicyclic) bond motifs is 2. The predicted octanol–water partition coefficient (Wildman–Crippen LogP) is 2.56. The zero-order valence-electron chi connectivity index (χ0n) is 11.7. The summed E-state index contributed by atoms with van der Waals surface area (Å²) >= 11 is 1.15. The van der Waals surface area contributed by atoms with Gasteiger partial charge in [0, 0.05) is 18.5 Å². The zero-order chi connectivity index (χ0) is 14.9. The van der Waals surface area contributed by atoms with Gasteiger partial charge < -0.3 is 10.1 Å². The summed E-state index contributed by atoms with van der Waals surface area (Å²) < 4.78 is 13.8. The van der Waals surface area contributed by atoms with Gasteiger partial charge in [0.1, 0.15) is 16.8 Å². The summed E-state index contributed by atoms with van der Waals surface area (Å²) in [5.41, 5.74) is 4.47. The lowest BCUT2D eigenvalue weighted by molar-refractivity contribution is 0.0951. The molecule has 0 radical (unpaired) electrons. The Hall–Kier alpha value is -2.47. The number of hydrogen-bond donors (Lipinski definition) is 1. The maximum absolute atomic E-state index is 12.2. The van der Waals surface area contributed by atoms with Crippen LogP contribution in [-0.2, 0) is 13.0 Å². The number of rotatable bonds is 3. The number of amides is 1. The molecule has 4 rings (SSSR count). The van der Waals surface area contributed by atoms with Crippen molar-refractivity contribution in [2.24, 2.45) is 0 Å². The topological polar surface area (TPSA) is 64.1 Å². The Bertz CT molecular complexity index is 859. The molecule has 0 spiro atoms. The minimum Gasteiger partial charge on any atom is -0.493 e. The number of hydrogen-bond acceptors (Lipinski definition) is 5. The third kappa shape index (κ3) is 2.42. The first-order valence-corrected chi connectivity index (χ1v) is 7.78. The third-order valence-electron chi connectivity index (χ3n) is 3.72. The fraction of sp³-hybridized carbons (Fsp3) is 0.188. The van der Waals surface area contributed by atoms with Crippen LogP contribution in [0.4, 0.5) is 0 Å². The summed E-state index contributed by atoms with van der Waals surface area (Å²) in [6, 6.07) is 11.4. The van der Waals surface area contributed by atoms with Gasteiger partial charge in [-0.3, -0.25) is 4.79 Å². The molecule has 1 amide bonds. The normalized spacial score (nSPS) is 12.9. The standard InChI is InChI=1S/C16H13N3O2S/c20-16(12-2-3-13-14(8-12)19-22-18-13)17-9-10-1-4-15-11(7-10)5-6-21-15/h1-4,7-8H,5-6,9H2,(H,17,20). The smallest absolute Gasteiger partial charge is 0.251 e. The third-order valence-corrected chi connectivity index (χ3v) is 4.28. The van der Waals surface area contributed by atoms with Crippen molar-refractivity contribution in [3.63, 3.8) is 0 Å². The lowest BCUT2D eigenvalue weighted by atomic mass is 10.1. The average Bonchev–Trinajstić information content (AvgIpc) is 3.19. The molecule has 6 heteroatoms. The number of aromatic nitrogens is 2. The summed E-state index contributed by atoms with van der Waals surface area (Å²) in [6.07, 6.45) is 0.935. The maximum atomic E-state index is 12.2. The van der Waals surface area contributed by atoms with Gasteiger partial charge in [-0.15, -0.1) is 0 Å². The molecule has 3 aromatic rings. The Labute approximate surface area is 131 Å². The van der Waals surface area contributed by atoms with Crippen LogP contribution in [0.3, 0.4) is 0 Å². The van der Waals surface area contributed by atoms with Crippen molar-refractivity contribution >= 4 is 28.7 Å². The van der Waals surface area contributed by atoms with Crippen LogP contribution in [0.2, 0.25) is 0 Å². The van der Waals surface area contributed by atoms with Gasteiger partial charge in [-0.05, 0) is 35.4 Å². The van der Waals surface area contributed by atoms with E-state index in [1.165, 1.54) is 5.56 Å². The van der Waals surface area contributed by atoms with Crippen LogP contribution in [-0.4, -0.2) is 21.3 Å². The van der Waals surface area contributed by atoms with Crippen molar-refractivity contribution < 1.29 is 9.53 Å². The Balaban J connectivity index is 1.47. The molecular weight excluding hydrogens is 298 g/mol. The molecule has 22 heavy (non-hydrogen) atoms. The molecular formula is C16H13N3O2S. The summed E-state index contributed by atoms with van der Waals surface area (Å²) in [7, 11) is 0. The van der Waals surface area contributed by atoms with Gasteiger partial charge in [-0.1, -0.05) is 12.1 Å². The van der Waals surface area contributed by atoms with Crippen LogP contribution < -0.4 is 10.1 Å². The van der Waals surface area contributed by atoms with E-state index < -0.39 is 0 Å². The van der Waals surface area contributed by atoms with Crippen molar-refractivity contribution in [2.75, 3.05) is 6.61 Å². The molecule has 0 atom stereocenters. The van der Waals surface area contributed by atoms with Gasteiger partial charge in [-0.2, -0.15) is 8.75 Å². The van der Waals surface area contributed by atoms with Crippen molar-refractivity contribution in [3.8, 4) is 5.75 Å². The van der Waals surface area contributed by atoms with Gasteiger partial charge >= 0.3 is 0 Å². The highest BCUT2D eigenvalue weighted by Crippen LogP contribution is 2.25. The summed E-state index contributed by atoms with van der Waals surface area (Å²) in [4.78, 5) is 12.2. The number of nitrogens with one attached hydrogen (secondary N) is 1. The Morgan fingerprint density at radius 3 is 3.05 bits per heavy atom. The molecule has 1 aromatic heterocycles. The first-order valence-electron chi connectivity index (χ1n) is 7.05. The SMILES string of the molecule is O=C(NCc1ccc2c(c1)CCO2)c1ccc2nsnc2c1. The second-order valence-electron chi connectivity index (χ2n) is 5.19. The van der Waals surface area contributed by atoms with Crippen LogP contribution >= 0.6 is 11.7 Å². The van der Waals surface area contributed by atoms with Gasteiger partial charge in [0.05, 0.1) is 18.3 Å². The van der Waals surface area contributed by atoms with Gasteiger partial charge in [0.25, 0.3) is 5.91 Å². The second-order valence-corrected chi connectivity index (χ2v) is 5.72. The van der Waals surface area contributed by atoms with E-state index in [0.717, 1.165) is 47.1 Å². The minimum atomic E-state index is -0.105. The fourth-order valence-corrected chi connectivity index (χ4v) is 3.08. The van der Waals surface area contributed by atoms with Gasteiger partial charge in [0.15, 0.2) is 0 Å². The van der Waals surface area contributed by atoms with Crippen molar-refractivity contribution in [2.45, 2.75) is 13.0 Å². The quantitative estimate of drug-likeness (QED) is 0.807. The molecule has 0 bridgehead atoms. The number of carbonyl (C=O) groups excluding carboxylic acids is 1. The van der Waals surface area contributed by atoms with Crippen LogP contribution in [0.15, 0.2) is 36.4 Å². The van der Waals surface area contributed by atoms with E-state index in [0.29, 0.717) is 12.1 Å². The highest BCUT2D eigenvalue weighted by atomic mass is 32.1. The second kappa shape index (κ2) is 5.38. The van der Waals surface area contributed by atoms with Crippen LogP contribution in [0.5, 0.6) is 5.75 Å². The molecule has 0 aliphatic carbocycles. The van der Waals surface area contributed by atoms with Crippen LogP contribution in [0, 0.1) is 0 Å². The highest BCUT2D eigenvalue weighted by Gasteiger charge is 2.13. The first-order chi connectivity index (χ1) is 10.8. The van der Waals surface area contributed by atoms with E-state index in [1.807, 2.05) is 18.2 Å². The largest absolute Gasteiger partial charge is 0.493 e. The van der Waals surface area contributed by atoms with Crippen molar-refractivity contribution in [1.82, 2.24) is 14.1 Å². The summed E-state index contributed by atoms with van der Waals surface area (Å²) in [6.45, 7) is 1.24. The number of nitrogens with zero attached hydrogens (tertiary/aromatic N) is 2. The molecule has 2 heterocycles. The number of ether oxygens (including phenoxy) is 1. The predicted molar refractivity (Wildman–Crippen MR) is 84.2 cm³/mol. The molecule has 1 N–H and O–H groups in total. The Morgan fingerprint density at radius 2 is 2.09 bits per heavy atom. The molecule has 1 aliphatic heterocycles. The minimum absolute atomic E-state index is 0.105. The van der Waals surface area contributed by atoms with Crippen molar-refractivity contribution in [3.05, 3.63) is 53.1 Å². The van der Waals surface area contributed by atoms with E-state index in [1.54, 1.807) is 12.1 Å². The molecule has 1 aliphatic rings. The first kappa shape index (κ1) is 13.2.